The minimum absolute atomic E-state index is 0.0541. The summed E-state index contributed by atoms with van der Waals surface area (Å²) in [6, 6.07) is 14.7. The third kappa shape index (κ3) is 5.05. The van der Waals surface area contributed by atoms with E-state index in [1.54, 1.807) is 12.1 Å². The smallest absolute Gasteiger partial charge is 0.291 e. The van der Waals surface area contributed by atoms with Gasteiger partial charge in [0.25, 0.3) is 11.6 Å². The average molecular weight is 408 g/mol. The molecule has 0 radical (unpaired) electrons. The number of hydrogen-bond donors (Lipinski definition) is 1. The van der Waals surface area contributed by atoms with Crippen LogP contribution in [-0.4, -0.2) is 17.9 Å². The van der Waals surface area contributed by atoms with Gasteiger partial charge < -0.3 is 19.2 Å². The molecule has 154 valence electrons. The van der Waals surface area contributed by atoms with Crippen LogP contribution in [-0.2, 0) is 13.0 Å². The Morgan fingerprint density at radius 2 is 2.03 bits per heavy atom. The van der Waals surface area contributed by atoms with Gasteiger partial charge in [-0.2, -0.15) is 0 Å². The maximum atomic E-state index is 12.5. The molecular formula is C22H20N2O6. The number of nitro groups is 1. The largest absolute Gasteiger partial charge is 0.496 e. The molecule has 30 heavy (non-hydrogen) atoms. The normalized spacial score (nSPS) is 10.3. The van der Waals surface area contributed by atoms with Crippen LogP contribution in [0, 0.1) is 10.1 Å². The number of nitrogens with one attached hydrogen (secondary N) is 1. The second-order valence-corrected chi connectivity index (χ2v) is 6.29. The molecule has 0 aliphatic heterocycles. The number of non-ortho nitro benzene ring substituents is 1. The predicted octanol–water partition coefficient (Wildman–Crippen LogP) is 4.76. The molecule has 8 nitrogen and oxygen atoms in total. The number of allylic oxidation sites excluding steroid dienone is 1. The molecule has 3 aromatic rings. The number of benzene rings is 2. The number of carbonyl (C=O) groups excluding carboxylic acids is 1. The van der Waals surface area contributed by atoms with Crippen molar-refractivity contribution in [3.8, 4) is 11.5 Å². The molecule has 1 heterocycles. The zero-order chi connectivity index (χ0) is 21.5. The van der Waals surface area contributed by atoms with Crippen molar-refractivity contribution in [1.29, 1.82) is 0 Å². The Morgan fingerprint density at radius 3 is 2.77 bits per heavy atom. The maximum Gasteiger partial charge on any atom is 0.291 e. The van der Waals surface area contributed by atoms with E-state index in [9.17, 15) is 14.9 Å². The Morgan fingerprint density at radius 1 is 1.23 bits per heavy atom. The summed E-state index contributed by atoms with van der Waals surface area (Å²) in [5, 5.41) is 13.6. The predicted molar refractivity (Wildman–Crippen MR) is 111 cm³/mol. The number of furan rings is 1. The third-order valence-electron chi connectivity index (χ3n) is 4.19. The molecule has 1 N–H and O–H groups in total. The van der Waals surface area contributed by atoms with Crippen molar-refractivity contribution in [3.05, 3.63) is 94.5 Å². The molecule has 0 unspecified atom stereocenters. The lowest BCUT2D eigenvalue weighted by Crippen LogP contribution is -2.11. The first-order valence-electron chi connectivity index (χ1n) is 9.05. The molecule has 0 spiro atoms. The molecule has 1 aromatic heterocycles. The molecule has 0 bridgehead atoms. The average Bonchev–Trinajstić information content (AvgIpc) is 3.22. The molecule has 0 aliphatic rings. The Kier molecular flexibility index (Phi) is 6.49. The number of amides is 1. The second-order valence-electron chi connectivity index (χ2n) is 6.29. The number of carbonyl (C=O) groups is 1. The fourth-order valence-electron chi connectivity index (χ4n) is 2.77. The van der Waals surface area contributed by atoms with Crippen LogP contribution in [0.4, 0.5) is 11.4 Å². The molecule has 0 saturated carbocycles. The van der Waals surface area contributed by atoms with Crippen LogP contribution in [0.2, 0.25) is 0 Å². The lowest BCUT2D eigenvalue weighted by Gasteiger charge is -2.09. The monoisotopic (exact) mass is 408 g/mol. The molecule has 0 aliphatic carbocycles. The zero-order valence-corrected chi connectivity index (χ0v) is 16.3. The van der Waals surface area contributed by atoms with Crippen molar-refractivity contribution in [2.24, 2.45) is 0 Å². The van der Waals surface area contributed by atoms with E-state index in [0.29, 0.717) is 17.9 Å². The Bertz CT molecular complexity index is 1070. The lowest BCUT2D eigenvalue weighted by atomic mass is 10.1. The number of ether oxygens (including phenoxy) is 2. The van der Waals surface area contributed by atoms with E-state index in [1.165, 1.54) is 31.4 Å². The second kappa shape index (κ2) is 9.42. The maximum absolute atomic E-state index is 12.5. The Hall–Kier alpha value is -4.07. The highest BCUT2D eigenvalue weighted by Gasteiger charge is 2.16. The van der Waals surface area contributed by atoms with Gasteiger partial charge in [-0.15, -0.1) is 6.58 Å². The van der Waals surface area contributed by atoms with Gasteiger partial charge in [0, 0.05) is 12.1 Å². The van der Waals surface area contributed by atoms with Crippen molar-refractivity contribution in [2.75, 3.05) is 12.4 Å². The van der Waals surface area contributed by atoms with Crippen molar-refractivity contribution in [3.63, 3.8) is 0 Å². The summed E-state index contributed by atoms with van der Waals surface area (Å²) in [7, 11) is 1.39. The number of methoxy groups -OCH3 is 1. The van der Waals surface area contributed by atoms with Gasteiger partial charge >= 0.3 is 0 Å². The summed E-state index contributed by atoms with van der Waals surface area (Å²) < 4.78 is 16.4. The lowest BCUT2D eigenvalue weighted by molar-refractivity contribution is -0.384. The number of rotatable bonds is 9. The molecule has 0 atom stereocenters. The fourth-order valence-corrected chi connectivity index (χ4v) is 2.77. The zero-order valence-electron chi connectivity index (χ0n) is 16.3. The van der Waals surface area contributed by atoms with Gasteiger partial charge in [0.05, 0.1) is 23.8 Å². The number of hydrogen-bond acceptors (Lipinski definition) is 6. The highest BCUT2D eigenvalue weighted by molar-refractivity contribution is 6.02. The quantitative estimate of drug-likeness (QED) is 0.311. The van der Waals surface area contributed by atoms with Crippen LogP contribution < -0.4 is 14.8 Å². The molecule has 8 heteroatoms. The van der Waals surface area contributed by atoms with Gasteiger partial charge in [-0.25, -0.2) is 0 Å². The minimum Gasteiger partial charge on any atom is -0.496 e. The van der Waals surface area contributed by atoms with Crippen molar-refractivity contribution >= 4 is 17.3 Å². The van der Waals surface area contributed by atoms with Gasteiger partial charge in [0.1, 0.15) is 23.9 Å². The third-order valence-corrected chi connectivity index (χ3v) is 4.19. The van der Waals surface area contributed by atoms with E-state index < -0.39 is 10.8 Å². The number of nitrogens with zero attached hydrogens (tertiary/aromatic N) is 1. The van der Waals surface area contributed by atoms with E-state index in [-0.39, 0.29) is 29.5 Å². The molecule has 2 aromatic carbocycles. The van der Waals surface area contributed by atoms with Gasteiger partial charge in [0.2, 0.25) is 0 Å². The number of para-hydroxylation sites is 1. The van der Waals surface area contributed by atoms with E-state index in [2.05, 4.69) is 11.9 Å². The van der Waals surface area contributed by atoms with Gasteiger partial charge in [-0.3, -0.25) is 14.9 Å². The molecule has 0 saturated heterocycles. The van der Waals surface area contributed by atoms with Crippen LogP contribution in [0.25, 0.3) is 0 Å². The first-order chi connectivity index (χ1) is 14.5. The van der Waals surface area contributed by atoms with Gasteiger partial charge in [0.15, 0.2) is 5.76 Å². The van der Waals surface area contributed by atoms with E-state index >= 15 is 0 Å². The summed E-state index contributed by atoms with van der Waals surface area (Å²) in [5.41, 5.74) is 1.02. The van der Waals surface area contributed by atoms with Crippen molar-refractivity contribution in [2.45, 2.75) is 13.0 Å². The first-order valence-corrected chi connectivity index (χ1v) is 9.05. The number of anilines is 1. The first kappa shape index (κ1) is 20.7. The van der Waals surface area contributed by atoms with Crippen LogP contribution >= 0.6 is 0 Å². The summed E-state index contributed by atoms with van der Waals surface area (Å²) in [5.74, 6) is 0.939. The van der Waals surface area contributed by atoms with Crippen LogP contribution in [0.3, 0.4) is 0 Å². The number of nitro benzene ring substituents is 1. The van der Waals surface area contributed by atoms with Crippen LogP contribution in [0.15, 0.2) is 71.7 Å². The Balaban J connectivity index is 1.68. The summed E-state index contributed by atoms with van der Waals surface area (Å²) in [6.45, 7) is 3.88. The van der Waals surface area contributed by atoms with E-state index in [0.717, 1.165) is 5.56 Å². The van der Waals surface area contributed by atoms with E-state index in [4.69, 9.17) is 13.9 Å². The molecule has 3 rings (SSSR count). The highest BCUT2D eigenvalue weighted by atomic mass is 16.6. The fraction of sp³-hybridized carbons (Fsp3) is 0.136. The SMILES string of the molecule is C=CCc1ccccc1OCc1ccc(C(=O)Nc2cc(OC)cc([N+](=O)[O-])c2)o1. The molecule has 0 fully saturated rings. The van der Waals surface area contributed by atoms with Gasteiger partial charge in [-0.05, 0) is 30.2 Å². The van der Waals surface area contributed by atoms with Gasteiger partial charge in [-0.1, -0.05) is 24.3 Å². The van der Waals surface area contributed by atoms with Crippen molar-refractivity contribution in [1.82, 2.24) is 0 Å². The molecule has 1 amide bonds. The summed E-state index contributed by atoms with van der Waals surface area (Å²) >= 11 is 0. The van der Waals surface area contributed by atoms with Crippen molar-refractivity contribution < 1.29 is 23.6 Å². The van der Waals surface area contributed by atoms with Crippen LogP contribution in [0.1, 0.15) is 21.9 Å². The van der Waals surface area contributed by atoms with E-state index in [1.807, 2.05) is 24.3 Å². The highest BCUT2D eigenvalue weighted by Crippen LogP contribution is 2.26. The summed E-state index contributed by atoms with van der Waals surface area (Å²) in [6.07, 6.45) is 2.47. The summed E-state index contributed by atoms with van der Waals surface area (Å²) in [4.78, 5) is 22.9. The Labute approximate surface area is 172 Å². The van der Waals surface area contributed by atoms with Crippen LogP contribution in [0.5, 0.6) is 11.5 Å². The minimum atomic E-state index is -0.565. The topological polar surface area (TPSA) is 104 Å². The molecular weight excluding hydrogens is 388 g/mol. The standard InChI is InChI=1S/C22H20N2O6/c1-3-6-15-7-4-5-8-20(15)29-14-18-9-10-21(30-18)22(25)23-16-11-17(24(26)27)13-19(12-16)28-2/h3-5,7-13H,1,6,14H2,2H3,(H,23,25).